The molecule has 2 unspecified atom stereocenters. The number of ether oxygens (including phenoxy) is 1. The van der Waals surface area contributed by atoms with Crippen LogP contribution in [0.5, 0.6) is 0 Å². The third-order valence-electron chi connectivity index (χ3n) is 5.27. The number of pyridine rings is 1. The lowest BCUT2D eigenvalue weighted by Gasteiger charge is -2.29. The quantitative estimate of drug-likeness (QED) is 0.208. The number of hydrogen-bond donors (Lipinski definition) is 0. The van der Waals surface area contributed by atoms with Gasteiger partial charge in [0.1, 0.15) is 6.23 Å². The molecule has 0 aliphatic carbocycles. The summed E-state index contributed by atoms with van der Waals surface area (Å²) >= 11 is 0. The molecule has 2 aromatic rings. The predicted molar refractivity (Wildman–Crippen MR) is 134 cm³/mol. The number of allylic oxidation sites excluding steroid dienone is 2. The summed E-state index contributed by atoms with van der Waals surface area (Å²) < 4.78 is 62.3. The summed E-state index contributed by atoms with van der Waals surface area (Å²) in [5, 5.41) is 4.07. The number of nitrogens with zero attached hydrogens (tertiary/aromatic N) is 5. The Morgan fingerprint density at radius 1 is 1.31 bits per heavy atom. The van der Waals surface area contributed by atoms with Gasteiger partial charge in [0, 0.05) is 49.4 Å². The predicted octanol–water partition coefficient (Wildman–Crippen LogP) is 5.47. The summed E-state index contributed by atoms with van der Waals surface area (Å²) in [5.74, 6) is -3.59. The summed E-state index contributed by atoms with van der Waals surface area (Å²) in [6.07, 6.45) is 6.20. The molecule has 2 aromatic heterocycles. The van der Waals surface area contributed by atoms with Crippen LogP contribution in [0.4, 0.5) is 17.6 Å². The van der Waals surface area contributed by atoms with Crippen molar-refractivity contribution in [2.45, 2.75) is 64.9 Å². The van der Waals surface area contributed by atoms with Gasteiger partial charge in [0.15, 0.2) is 5.82 Å². The number of carbonyl (C=O) groups excluding carboxylic acids is 1. The largest absolute Gasteiger partial charge is 0.355 e. The van der Waals surface area contributed by atoms with Gasteiger partial charge in [-0.2, -0.15) is 13.9 Å². The molecule has 0 aromatic carbocycles. The number of aliphatic imine (C=N–C) groups is 1. The third-order valence-corrected chi connectivity index (χ3v) is 5.60. The van der Waals surface area contributed by atoms with Crippen molar-refractivity contribution >= 4 is 21.4 Å². The molecule has 0 spiro atoms. The van der Waals surface area contributed by atoms with Crippen molar-refractivity contribution in [2.24, 2.45) is 4.99 Å². The van der Waals surface area contributed by atoms with Crippen LogP contribution in [0.15, 0.2) is 47.4 Å². The second-order valence-electron chi connectivity index (χ2n) is 8.28. The first-order valence-electron chi connectivity index (χ1n) is 11.5. The normalized spacial score (nSPS) is 14.8. The first-order chi connectivity index (χ1) is 16.8. The molecule has 0 aliphatic rings. The molecule has 2 heterocycles. The van der Waals surface area contributed by atoms with E-state index in [0.29, 0.717) is 6.42 Å². The van der Waals surface area contributed by atoms with E-state index < -0.39 is 35.3 Å². The van der Waals surface area contributed by atoms with Crippen LogP contribution in [0.25, 0.3) is 5.82 Å². The van der Waals surface area contributed by atoms with Gasteiger partial charge in [-0.25, -0.2) is 18.4 Å². The Morgan fingerprint density at radius 2 is 2.00 bits per heavy atom. The number of alkyl halides is 4. The van der Waals surface area contributed by atoms with Crippen LogP contribution < -0.4 is 0 Å². The number of halogens is 4. The van der Waals surface area contributed by atoms with Crippen molar-refractivity contribution in [2.75, 3.05) is 13.2 Å². The Balaban J connectivity index is 2.22. The maximum atomic E-state index is 14.0. The zero-order valence-electron chi connectivity index (χ0n) is 21.0. The summed E-state index contributed by atoms with van der Waals surface area (Å²) in [4.78, 5) is 23.1. The molecule has 0 saturated carbocycles. The third kappa shape index (κ3) is 7.93. The maximum Gasteiger partial charge on any atom is 0.285 e. The van der Waals surface area contributed by atoms with E-state index >= 15 is 0 Å². The Kier molecular flexibility index (Phi) is 10.3. The molecule has 2 rings (SSSR count). The Bertz CT molecular complexity index is 1070. The molecule has 7 nitrogen and oxygen atoms in total. The fourth-order valence-electron chi connectivity index (χ4n) is 3.33. The van der Waals surface area contributed by atoms with E-state index in [1.165, 1.54) is 31.1 Å². The molecule has 198 valence electrons. The van der Waals surface area contributed by atoms with Crippen molar-refractivity contribution in [1.82, 2.24) is 19.7 Å². The summed E-state index contributed by atoms with van der Waals surface area (Å²) in [5.41, 5.74) is -3.78. The fraction of sp³-hybridized carbons (Fsp3) is 0.500. The number of carbonyl (C=O) groups is 1. The van der Waals surface area contributed by atoms with Gasteiger partial charge >= 0.3 is 0 Å². The van der Waals surface area contributed by atoms with Gasteiger partial charge in [-0.15, -0.1) is 0 Å². The zero-order valence-corrected chi connectivity index (χ0v) is 22.1. The van der Waals surface area contributed by atoms with E-state index in [-0.39, 0.29) is 30.1 Å². The van der Waals surface area contributed by atoms with E-state index in [0.717, 1.165) is 25.4 Å². The van der Waals surface area contributed by atoms with E-state index in [4.69, 9.17) is 4.74 Å². The molecule has 0 N–H and O–H groups in total. The number of rotatable bonds is 12. The summed E-state index contributed by atoms with van der Waals surface area (Å²) in [7, 11) is 1.48. The van der Waals surface area contributed by atoms with Gasteiger partial charge in [0.25, 0.3) is 17.5 Å². The minimum atomic E-state index is -3.19. The Morgan fingerprint density at radius 3 is 2.53 bits per heavy atom. The van der Waals surface area contributed by atoms with Crippen molar-refractivity contribution in [1.29, 1.82) is 0 Å². The average Bonchev–Trinajstić information content (AvgIpc) is 3.33. The second kappa shape index (κ2) is 12.5. The highest BCUT2D eigenvalue weighted by Gasteiger charge is 2.30. The highest BCUT2D eigenvalue weighted by Crippen LogP contribution is 2.31. The maximum absolute atomic E-state index is 14.0. The van der Waals surface area contributed by atoms with Crippen molar-refractivity contribution in [3.8, 4) is 5.82 Å². The first-order valence-corrected chi connectivity index (χ1v) is 12.1. The van der Waals surface area contributed by atoms with Crippen molar-refractivity contribution in [3.05, 3.63) is 53.5 Å². The number of amides is 1. The van der Waals surface area contributed by atoms with Gasteiger partial charge in [0.05, 0.1) is 18.2 Å². The summed E-state index contributed by atoms with van der Waals surface area (Å²) in [6, 6.07) is 2.27. The molecule has 0 radical (unpaired) electrons. The standard InChI is InChI=1S/C24H32F4N5O2P/c1-6-9-18(24(27,28)36)13-29-17(4)35-15-16(3)32(7-2)22(34)20-12-19(23(5,25)26)14-30-21(20)33-11-8-10-31-33/h8-14,16-17H,6-7,15,36H2,1-5H3/b18-9+,29-13?/t16-,17?/m0/s1. The lowest BCUT2D eigenvalue weighted by Crippen LogP contribution is -2.42. The molecule has 0 fully saturated rings. The van der Waals surface area contributed by atoms with E-state index in [1.807, 2.05) is 0 Å². The molecule has 36 heavy (non-hydrogen) atoms. The van der Waals surface area contributed by atoms with Crippen molar-refractivity contribution in [3.63, 3.8) is 0 Å². The lowest BCUT2D eigenvalue weighted by molar-refractivity contribution is 0.0167. The van der Waals surface area contributed by atoms with Crippen LogP contribution in [0, 0.1) is 0 Å². The van der Waals surface area contributed by atoms with Gasteiger partial charge in [-0.1, -0.05) is 22.2 Å². The monoisotopic (exact) mass is 529 g/mol. The van der Waals surface area contributed by atoms with Crippen LogP contribution in [-0.2, 0) is 10.7 Å². The highest BCUT2D eigenvalue weighted by atomic mass is 31.0. The smallest absolute Gasteiger partial charge is 0.285 e. The van der Waals surface area contributed by atoms with Crippen LogP contribution in [0.2, 0.25) is 0 Å². The average molecular weight is 530 g/mol. The number of hydrogen-bond acceptors (Lipinski definition) is 5. The number of aromatic nitrogens is 3. The molecule has 0 aliphatic heterocycles. The second-order valence-corrected chi connectivity index (χ2v) is 9.00. The first kappa shape index (κ1) is 29.6. The molecule has 12 heteroatoms. The molecular weight excluding hydrogens is 497 g/mol. The minimum absolute atomic E-state index is 0.0329. The van der Waals surface area contributed by atoms with E-state index in [2.05, 4.69) is 15.1 Å². The topological polar surface area (TPSA) is 72.6 Å². The van der Waals surface area contributed by atoms with Gasteiger partial charge < -0.3 is 9.64 Å². The molecule has 3 atom stereocenters. The fourth-order valence-corrected chi connectivity index (χ4v) is 3.53. The molecular formula is C24H32F4N5O2P. The van der Waals surface area contributed by atoms with Gasteiger partial charge in [-0.3, -0.25) is 9.79 Å². The van der Waals surface area contributed by atoms with Crippen molar-refractivity contribution < 1.29 is 27.1 Å². The van der Waals surface area contributed by atoms with Crippen LogP contribution in [0.3, 0.4) is 0 Å². The highest BCUT2D eigenvalue weighted by molar-refractivity contribution is 7.18. The number of likely N-dealkylation sites (N-methyl/N-ethyl adjacent to an activating group) is 1. The van der Waals surface area contributed by atoms with E-state index in [1.54, 1.807) is 40.0 Å². The zero-order chi connectivity index (χ0) is 27.1. The molecule has 0 bridgehead atoms. The minimum Gasteiger partial charge on any atom is -0.355 e. The van der Waals surface area contributed by atoms with E-state index in [9.17, 15) is 22.4 Å². The Labute approximate surface area is 210 Å². The molecule has 1 amide bonds. The SMILES string of the molecule is CC/C=C(\C=NC(C)OC[C@H](C)N(CC)C(=O)c1cc(C(C)(F)F)cnc1-n1cccn1)C(F)(F)P. The van der Waals surface area contributed by atoms with Crippen LogP contribution in [0.1, 0.15) is 57.0 Å². The van der Waals surface area contributed by atoms with Crippen LogP contribution in [-0.4, -0.2) is 62.9 Å². The lowest BCUT2D eigenvalue weighted by atomic mass is 10.1. The van der Waals surface area contributed by atoms with Gasteiger partial charge in [0.2, 0.25) is 0 Å². The van der Waals surface area contributed by atoms with Gasteiger partial charge in [-0.05, 0) is 39.3 Å². The Hall–Kier alpha value is -2.65. The molecule has 0 saturated heterocycles. The van der Waals surface area contributed by atoms with Crippen LogP contribution >= 0.6 is 9.24 Å². The summed E-state index contributed by atoms with van der Waals surface area (Å²) in [6.45, 7) is 7.85.